The van der Waals surface area contributed by atoms with Gasteiger partial charge >= 0.3 is 0 Å². The van der Waals surface area contributed by atoms with E-state index in [2.05, 4.69) is 30.5 Å². The molecule has 2 rings (SSSR count). The Morgan fingerprint density at radius 2 is 1.58 bits per heavy atom. The van der Waals surface area contributed by atoms with E-state index in [1.54, 1.807) is 23.5 Å². The van der Waals surface area contributed by atoms with Crippen LogP contribution in [0.4, 0.5) is 0 Å². The summed E-state index contributed by atoms with van der Waals surface area (Å²) in [6.45, 7) is 11.9. The molecule has 1 heterocycles. The van der Waals surface area contributed by atoms with Crippen LogP contribution in [-0.2, 0) is 4.79 Å². The van der Waals surface area contributed by atoms with Crippen LogP contribution in [0.2, 0.25) is 0 Å². The van der Waals surface area contributed by atoms with Gasteiger partial charge < -0.3 is 10.6 Å². The number of hydrogen-bond acceptors (Lipinski definition) is 3. The lowest BCUT2D eigenvalue weighted by atomic mass is 10.0. The van der Waals surface area contributed by atoms with Crippen molar-refractivity contribution in [2.75, 3.05) is 0 Å². The zero-order valence-electron chi connectivity index (χ0n) is 16.3. The predicted molar refractivity (Wildman–Crippen MR) is 108 cm³/mol. The number of nitrogens with one attached hydrogen (secondary N) is 2. The fourth-order valence-electron chi connectivity index (χ4n) is 2.93. The van der Waals surface area contributed by atoms with E-state index in [-0.39, 0.29) is 23.8 Å². The molecule has 1 aromatic heterocycles. The average Bonchev–Trinajstić information content (AvgIpc) is 2.91. The molecule has 26 heavy (non-hydrogen) atoms. The van der Waals surface area contributed by atoms with Crippen LogP contribution in [0.3, 0.4) is 0 Å². The van der Waals surface area contributed by atoms with Crippen LogP contribution in [0.1, 0.15) is 58.1 Å². The van der Waals surface area contributed by atoms with Crippen molar-refractivity contribution in [2.45, 2.75) is 53.6 Å². The van der Waals surface area contributed by atoms with Gasteiger partial charge in [0.2, 0.25) is 5.91 Å². The fourth-order valence-corrected chi connectivity index (χ4v) is 3.95. The second-order valence-corrected chi connectivity index (χ2v) is 8.62. The van der Waals surface area contributed by atoms with Crippen molar-refractivity contribution in [3.05, 3.63) is 56.8 Å². The highest BCUT2D eigenvalue weighted by atomic mass is 32.1. The fraction of sp³-hybridized carbons (Fsp3) is 0.429. The Balaban J connectivity index is 2.08. The second kappa shape index (κ2) is 8.49. The predicted octanol–water partition coefficient (Wildman–Crippen LogP) is 4.31. The number of aryl methyl sites for hydroxylation is 3. The summed E-state index contributed by atoms with van der Waals surface area (Å²) in [5.74, 6) is -0.396. The molecule has 4 nitrogen and oxygen atoms in total. The van der Waals surface area contributed by atoms with Gasteiger partial charge in [-0.25, -0.2) is 0 Å². The molecule has 2 N–H and O–H groups in total. The average molecular weight is 373 g/mol. The first-order chi connectivity index (χ1) is 12.2. The highest BCUT2D eigenvalue weighted by Crippen LogP contribution is 2.26. The van der Waals surface area contributed by atoms with E-state index in [1.165, 1.54) is 9.75 Å². The SMILES string of the molecule is Cc1ccc(C(=O)N[C@H](C(=O)N[C@H](C)c2cc(C)sc2C)C(C)C)cc1. The molecule has 0 aliphatic carbocycles. The maximum Gasteiger partial charge on any atom is 0.251 e. The summed E-state index contributed by atoms with van der Waals surface area (Å²) in [7, 11) is 0. The molecule has 0 saturated carbocycles. The number of carbonyl (C=O) groups is 2. The van der Waals surface area contributed by atoms with Crippen molar-refractivity contribution in [1.29, 1.82) is 0 Å². The van der Waals surface area contributed by atoms with E-state index >= 15 is 0 Å². The molecule has 0 aliphatic rings. The third kappa shape index (κ3) is 4.94. The van der Waals surface area contributed by atoms with Crippen molar-refractivity contribution in [3.63, 3.8) is 0 Å². The maximum absolute atomic E-state index is 12.8. The summed E-state index contributed by atoms with van der Waals surface area (Å²) >= 11 is 1.73. The minimum absolute atomic E-state index is 0.0121. The van der Waals surface area contributed by atoms with Crippen LogP contribution in [0.5, 0.6) is 0 Å². The third-order valence-electron chi connectivity index (χ3n) is 4.45. The molecule has 0 spiro atoms. The summed E-state index contributed by atoms with van der Waals surface area (Å²) in [5.41, 5.74) is 2.79. The Hall–Kier alpha value is -2.14. The van der Waals surface area contributed by atoms with Crippen molar-refractivity contribution in [1.82, 2.24) is 10.6 Å². The Morgan fingerprint density at radius 1 is 0.962 bits per heavy atom. The molecule has 0 bridgehead atoms. The highest BCUT2D eigenvalue weighted by molar-refractivity contribution is 7.12. The lowest BCUT2D eigenvalue weighted by molar-refractivity contribution is -0.124. The summed E-state index contributed by atoms with van der Waals surface area (Å²) < 4.78 is 0. The van der Waals surface area contributed by atoms with E-state index in [0.717, 1.165) is 11.1 Å². The third-order valence-corrected chi connectivity index (χ3v) is 5.44. The van der Waals surface area contributed by atoms with Crippen molar-refractivity contribution in [3.8, 4) is 0 Å². The zero-order chi connectivity index (χ0) is 19.4. The van der Waals surface area contributed by atoms with Crippen LogP contribution < -0.4 is 10.6 Å². The van der Waals surface area contributed by atoms with Crippen molar-refractivity contribution >= 4 is 23.2 Å². The highest BCUT2D eigenvalue weighted by Gasteiger charge is 2.26. The van der Waals surface area contributed by atoms with Crippen LogP contribution in [0.25, 0.3) is 0 Å². The number of hydrogen-bond donors (Lipinski definition) is 2. The van der Waals surface area contributed by atoms with Crippen LogP contribution in [0, 0.1) is 26.7 Å². The van der Waals surface area contributed by atoms with E-state index in [9.17, 15) is 9.59 Å². The molecule has 1 aromatic carbocycles. The van der Waals surface area contributed by atoms with Gasteiger partial charge in [0.25, 0.3) is 5.91 Å². The van der Waals surface area contributed by atoms with Gasteiger partial charge in [-0.05, 0) is 57.4 Å². The summed E-state index contributed by atoms with van der Waals surface area (Å²) in [6, 6.07) is 8.78. The molecule has 0 unspecified atom stereocenters. The second-order valence-electron chi connectivity index (χ2n) is 7.16. The number of thiophene rings is 1. The molecule has 0 fully saturated rings. The Morgan fingerprint density at radius 3 is 2.08 bits per heavy atom. The molecule has 2 atom stereocenters. The summed E-state index contributed by atoms with van der Waals surface area (Å²) in [5, 5.41) is 5.93. The quantitative estimate of drug-likeness (QED) is 0.794. The number of benzene rings is 1. The van der Waals surface area contributed by atoms with Gasteiger partial charge in [-0.2, -0.15) is 0 Å². The Kier molecular flexibility index (Phi) is 6.59. The standard InChI is InChI=1S/C21H28N2O2S/c1-12(2)19(23-20(24)17-9-7-13(3)8-10-17)21(25)22-15(5)18-11-14(4)26-16(18)6/h7-12,15,19H,1-6H3,(H,22,25)(H,23,24)/t15-,19+/m1/s1. The topological polar surface area (TPSA) is 58.2 Å². The van der Waals surface area contributed by atoms with Crippen molar-refractivity contribution < 1.29 is 9.59 Å². The molecule has 5 heteroatoms. The minimum atomic E-state index is -0.578. The Labute approximate surface area is 160 Å². The van der Waals surface area contributed by atoms with Crippen LogP contribution in [-0.4, -0.2) is 17.9 Å². The number of rotatable bonds is 6. The first-order valence-electron chi connectivity index (χ1n) is 8.94. The molecule has 140 valence electrons. The van der Waals surface area contributed by atoms with Gasteiger partial charge in [0, 0.05) is 15.3 Å². The zero-order valence-corrected chi connectivity index (χ0v) is 17.2. The summed E-state index contributed by atoms with van der Waals surface area (Å²) in [6.07, 6.45) is 0. The molecule has 0 saturated heterocycles. The van der Waals surface area contributed by atoms with Crippen LogP contribution >= 0.6 is 11.3 Å². The van der Waals surface area contributed by atoms with Gasteiger partial charge in [0.1, 0.15) is 6.04 Å². The van der Waals surface area contributed by atoms with E-state index < -0.39 is 6.04 Å². The largest absolute Gasteiger partial charge is 0.348 e. The lowest BCUT2D eigenvalue weighted by Gasteiger charge is -2.24. The maximum atomic E-state index is 12.8. The van der Waals surface area contributed by atoms with E-state index in [4.69, 9.17) is 0 Å². The van der Waals surface area contributed by atoms with Crippen LogP contribution in [0.15, 0.2) is 30.3 Å². The smallest absolute Gasteiger partial charge is 0.251 e. The number of carbonyl (C=O) groups excluding carboxylic acids is 2. The van der Waals surface area contributed by atoms with Crippen molar-refractivity contribution in [2.24, 2.45) is 5.92 Å². The van der Waals surface area contributed by atoms with Gasteiger partial charge in [0.15, 0.2) is 0 Å². The lowest BCUT2D eigenvalue weighted by Crippen LogP contribution is -2.50. The van der Waals surface area contributed by atoms with Gasteiger partial charge in [-0.3, -0.25) is 9.59 Å². The van der Waals surface area contributed by atoms with E-state index in [0.29, 0.717) is 5.56 Å². The molecule has 2 aromatic rings. The first kappa shape index (κ1) is 20.2. The van der Waals surface area contributed by atoms with Gasteiger partial charge in [-0.1, -0.05) is 31.5 Å². The molecular formula is C21H28N2O2S. The normalized spacial score (nSPS) is 13.3. The molecule has 2 amide bonds. The van der Waals surface area contributed by atoms with E-state index in [1.807, 2.05) is 39.8 Å². The first-order valence-corrected chi connectivity index (χ1v) is 9.75. The minimum Gasteiger partial charge on any atom is -0.348 e. The molecular weight excluding hydrogens is 344 g/mol. The number of amides is 2. The Bertz CT molecular complexity index is 778. The van der Waals surface area contributed by atoms with Gasteiger partial charge in [-0.15, -0.1) is 11.3 Å². The molecule has 0 radical (unpaired) electrons. The van der Waals surface area contributed by atoms with Gasteiger partial charge in [0.05, 0.1) is 6.04 Å². The monoisotopic (exact) mass is 372 g/mol. The molecule has 0 aliphatic heterocycles. The summed E-state index contributed by atoms with van der Waals surface area (Å²) in [4.78, 5) is 27.7.